The van der Waals surface area contributed by atoms with E-state index in [0.717, 1.165) is 5.39 Å². The van der Waals surface area contributed by atoms with E-state index in [2.05, 4.69) is 25.5 Å². The first-order chi connectivity index (χ1) is 8.31. The van der Waals surface area contributed by atoms with Crippen LogP contribution in [-0.2, 0) is 4.74 Å². The summed E-state index contributed by atoms with van der Waals surface area (Å²) in [6, 6.07) is 0. The van der Waals surface area contributed by atoms with Crippen LogP contribution in [0.2, 0.25) is 0 Å². The monoisotopic (exact) mass is 238 g/mol. The van der Waals surface area contributed by atoms with E-state index in [4.69, 9.17) is 15.6 Å². The Morgan fingerprint density at radius 3 is 3.12 bits per heavy atom. The summed E-state index contributed by atoms with van der Waals surface area (Å²) in [6.45, 7) is 1.39. The van der Waals surface area contributed by atoms with E-state index in [0.29, 0.717) is 31.2 Å². The Balaban J connectivity index is 2.00. The van der Waals surface area contributed by atoms with E-state index in [1.807, 2.05) is 0 Å². The van der Waals surface area contributed by atoms with Gasteiger partial charge in [0.1, 0.15) is 5.82 Å². The van der Waals surface area contributed by atoms with Gasteiger partial charge in [0.05, 0.1) is 31.4 Å². The van der Waals surface area contributed by atoms with Crippen molar-refractivity contribution < 1.29 is 9.84 Å². The summed E-state index contributed by atoms with van der Waals surface area (Å²) < 4.78 is 5.12. The van der Waals surface area contributed by atoms with Gasteiger partial charge < -0.3 is 20.9 Å². The molecule has 0 aromatic carbocycles. The van der Waals surface area contributed by atoms with Gasteiger partial charge in [-0.05, 0) is 0 Å². The van der Waals surface area contributed by atoms with Gasteiger partial charge in [0.25, 0.3) is 0 Å². The van der Waals surface area contributed by atoms with Crippen LogP contribution < -0.4 is 11.1 Å². The maximum atomic E-state index is 8.54. The normalized spacial score (nSPS) is 10.9. The van der Waals surface area contributed by atoms with Gasteiger partial charge >= 0.3 is 0 Å². The topological polar surface area (TPSA) is 122 Å². The number of aliphatic hydroxyl groups excluding tert-OH is 1. The number of rotatable bonds is 6. The molecule has 0 amide bonds. The standard InChI is InChI=1S/C9H14N6O2/c10-9-13-7(11-1-3-17-4-2-16)6-5-12-15-8(6)14-9/h5,16H,1-4H2,(H4,10,11,12,13,14,15). The summed E-state index contributed by atoms with van der Waals surface area (Å²) in [5.41, 5.74) is 6.16. The van der Waals surface area contributed by atoms with Crippen molar-refractivity contribution in [3.63, 3.8) is 0 Å². The second-order valence-corrected chi connectivity index (χ2v) is 3.33. The highest BCUT2D eigenvalue weighted by Crippen LogP contribution is 2.18. The molecule has 5 N–H and O–H groups in total. The number of aromatic nitrogens is 4. The van der Waals surface area contributed by atoms with Crippen molar-refractivity contribution in [3.05, 3.63) is 6.20 Å². The Morgan fingerprint density at radius 2 is 2.29 bits per heavy atom. The lowest BCUT2D eigenvalue weighted by Gasteiger charge is -2.07. The van der Waals surface area contributed by atoms with E-state index in [9.17, 15) is 0 Å². The van der Waals surface area contributed by atoms with E-state index < -0.39 is 0 Å². The van der Waals surface area contributed by atoms with Crippen molar-refractivity contribution in [2.75, 3.05) is 37.4 Å². The fourth-order valence-corrected chi connectivity index (χ4v) is 1.40. The third-order valence-electron chi connectivity index (χ3n) is 2.10. The molecule has 92 valence electrons. The summed E-state index contributed by atoms with van der Waals surface area (Å²) in [5.74, 6) is 0.800. The zero-order valence-electron chi connectivity index (χ0n) is 9.18. The molecule has 0 atom stereocenters. The number of nitrogens with two attached hydrogens (primary N) is 1. The van der Waals surface area contributed by atoms with Gasteiger partial charge in [0.2, 0.25) is 5.95 Å². The van der Waals surface area contributed by atoms with Gasteiger partial charge in [-0.25, -0.2) is 0 Å². The zero-order chi connectivity index (χ0) is 12.1. The van der Waals surface area contributed by atoms with Crippen LogP contribution in [0.15, 0.2) is 6.20 Å². The first-order valence-corrected chi connectivity index (χ1v) is 5.20. The molecule has 0 aliphatic rings. The number of aromatic amines is 1. The predicted molar refractivity (Wildman–Crippen MR) is 62.5 cm³/mol. The molecule has 2 rings (SSSR count). The number of nitrogens with zero attached hydrogens (tertiary/aromatic N) is 3. The molecule has 0 spiro atoms. The smallest absolute Gasteiger partial charge is 0.224 e. The number of nitrogen functional groups attached to an aromatic ring is 1. The number of nitrogens with one attached hydrogen (secondary N) is 2. The Hall–Kier alpha value is -1.93. The maximum Gasteiger partial charge on any atom is 0.224 e. The molecule has 2 aromatic rings. The van der Waals surface area contributed by atoms with Gasteiger partial charge in [-0.3, -0.25) is 5.10 Å². The number of aliphatic hydroxyl groups is 1. The highest BCUT2D eigenvalue weighted by atomic mass is 16.5. The van der Waals surface area contributed by atoms with Crippen molar-refractivity contribution in [2.45, 2.75) is 0 Å². The van der Waals surface area contributed by atoms with Gasteiger partial charge in [-0.2, -0.15) is 15.1 Å². The third kappa shape index (κ3) is 2.80. The van der Waals surface area contributed by atoms with Crippen molar-refractivity contribution in [1.82, 2.24) is 20.2 Å². The second-order valence-electron chi connectivity index (χ2n) is 3.33. The van der Waals surface area contributed by atoms with Gasteiger partial charge in [-0.1, -0.05) is 0 Å². The molecule has 0 saturated heterocycles. The van der Waals surface area contributed by atoms with Gasteiger partial charge in [0.15, 0.2) is 5.65 Å². The molecule has 0 fully saturated rings. The molecule has 0 bridgehead atoms. The van der Waals surface area contributed by atoms with Crippen LogP contribution in [0.3, 0.4) is 0 Å². The Labute approximate surface area is 97.2 Å². The molecule has 17 heavy (non-hydrogen) atoms. The third-order valence-corrected chi connectivity index (χ3v) is 2.10. The van der Waals surface area contributed by atoms with Crippen LogP contribution in [0.4, 0.5) is 11.8 Å². The first-order valence-electron chi connectivity index (χ1n) is 5.20. The van der Waals surface area contributed by atoms with Crippen LogP contribution in [0.1, 0.15) is 0 Å². The lowest BCUT2D eigenvalue weighted by atomic mass is 10.4. The first kappa shape index (κ1) is 11.6. The fourth-order valence-electron chi connectivity index (χ4n) is 1.40. The van der Waals surface area contributed by atoms with Crippen molar-refractivity contribution >= 4 is 22.8 Å². The fraction of sp³-hybridized carbons (Fsp3) is 0.444. The lowest BCUT2D eigenvalue weighted by Crippen LogP contribution is -2.13. The SMILES string of the molecule is Nc1nc(NCCOCCO)c2cn[nH]c2n1. The second kappa shape index (κ2) is 5.41. The minimum absolute atomic E-state index is 0.0203. The molecule has 8 heteroatoms. The maximum absolute atomic E-state index is 8.54. The van der Waals surface area contributed by atoms with Gasteiger partial charge in [0, 0.05) is 6.54 Å². The highest BCUT2D eigenvalue weighted by Gasteiger charge is 2.06. The molecule has 0 aliphatic heterocycles. The number of hydrogen-bond acceptors (Lipinski definition) is 7. The number of ether oxygens (including phenoxy) is 1. The summed E-state index contributed by atoms with van der Waals surface area (Å²) in [7, 11) is 0. The van der Waals surface area contributed by atoms with E-state index in [-0.39, 0.29) is 12.6 Å². The quantitative estimate of drug-likeness (QED) is 0.493. The largest absolute Gasteiger partial charge is 0.394 e. The minimum atomic E-state index is 0.0203. The Bertz CT molecular complexity index is 485. The molecule has 2 aromatic heterocycles. The molecular formula is C9H14N6O2. The molecule has 0 unspecified atom stereocenters. The number of hydrogen-bond donors (Lipinski definition) is 4. The molecular weight excluding hydrogens is 224 g/mol. The molecule has 8 nitrogen and oxygen atoms in total. The summed E-state index contributed by atoms with van der Waals surface area (Å²) in [6.07, 6.45) is 1.63. The van der Waals surface area contributed by atoms with Crippen molar-refractivity contribution in [3.8, 4) is 0 Å². The molecule has 0 aliphatic carbocycles. The van der Waals surface area contributed by atoms with Crippen LogP contribution in [0.5, 0.6) is 0 Å². The summed E-state index contributed by atoms with van der Waals surface area (Å²) >= 11 is 0. The highest BCUT2D eigenvalue weighted by molar-refractivity contribution is 5.86. The lowest BCUT2D eigenvalue weighted by molar-refractivity contribution is 0.0992. The van der Waals surface area contributed by atoms with Crippen LogP contribution >= 0.6 is 0 Å². The van der Waals surface area contributed by atoms with E-state index >= 15 is 0 Å². The zero-order valence-corrected chi connectivity index (χ0v) is 9.18. The minimum Gasteiger partial charge on any atom is -0.394 e. The number of H-pyrrole nitrogens is 1. The van der Waals surface area contributed by atoms with Crippen molar-refractivity contribution in [1.29, 1.82) is 0 Å². The summed E-state index contributed by atoms with van der Waals surface area (Å²) in [5, 5.41) is 19.0. The van der Waals surface area contributed by atoms with E-state index in [1.54, 1.807) is 6.20 Å². The van der Waals surface area contributed by atoms with Gasteiger partial charge in [-0.15, -0.1) is 0 Å². The Morgan fingerprint density at radius 1 is 1.41 bits per heavy atom. The average Bonchev–Trinajstić information content (AvgIpc) is 2.76. The molecule has 0 radical (unpaired) electrons. The predicted octanol–water partition coefficient (Wildman–Crippen LogP) is -0.644. The van der Waals surface area contributed by atoms with E-state index in [1.165, 1.54) is 0 Å². The van der Waals surface area contributed by atoms with Crippen LogP contribution in [0, 0.1) is 0 Å². The molecule has 0 saturated carbocycles. The number of anilines is 2. The average molecular weight is 238 g/mol. The Kier molecular flexibility index (Phi) is 3.68. The van der Waals surface area contributed by atoms with Crippen LogP contribution in [0.25, 0.3) is 11.0 Å². The summed E-state index contributed by atoms with van der Waals surface area (Å²) in [4.78, 5) is 8.08. The molecule has 2 heterocycles. The van der Waals surface area contributed by atoms with Crippen LogP contribution in [-0.4, -0.2) is 51.6 Å². The number of fused-ring (bicyclic) bond motifs is 1. The van der Waals surface area contributed by atoms with Crippen molar-refractivity contribution in [2.24, 2.45) is 0 Å².